The zero-order valence-corrected chi connectivity index (χ0v) is 17.1. The van der Waals surface area contributed by atoms with E-state index in [1.807, 2.05) is 0 Å². The number of likely N-dealkylation sites (tertiary alicyclic amines) is 2. The lowest BCUT2D eigenvalue weighted by Gasteiger charge is -2.39. The van der Waals surface area contributed by atoms with Gasteiger partial charge in [0.05, 0.1) is 25.4 Å². The van der Waals surface area contributed by atoms with Crippen molar-refractivity contribution in [1.82, 2.24) is 9.80 Å². The Balaban J connectivity index is 1.67. The van der Waals surface area contributed by atoms with Crippen LogP contribution in [0.1, 0.15) is 40.0 Å². The van der Waals surface area contributed by atoms with Crippen molar-refractivity contribution in [2.45, 2.75) is 64.3 Å². The zero-order chi connectivity index (χ0) is 19.1. The van der Waals surface area contributed by atoms with E-state index in [1.165, 1.54) is 0 Å². The van der Waals surface area contributed by atoms with Gasteiger partial charge in [0.2, 0.25) is 0 Å². The molecule has 26 heavy (non-hydrogen) atoms. The predicted molar refractivity (Wildman–Crippen MR) is 103 cm³/mol. The Hall–Kier alpha value is -0.240. The number of aliphatic hydroxyl groups excluding tert-OH is 2. The minimum Gasteiger partial charge on any atom is -0.393 e. The Labute approximate surface area is 159 Å². The minimum atomic E-state index is -0.244. The van der Waals surface area contributed by atoms with Crippen LogP contribution in [-0.2, 0) is 9.47 Å². The van der Waals surface area contributed by atoms with Gasteiger partial charge in [0.15, 0.2) is 0 Å². The molecule has 0 aliphatic carbocycles. The maximum Gasteiger partial charge on any atom is 0.0614 e. The Morgan fingerprint density at radius 2 is 1.50 bits per heavy atom. The van der Waals surface area contributed by atoms with Gasteiger partial charge in [0.25, 0.3) is 0 Å². The van der Waals surface area contributed by atoms with E-state index in [0.717, 1.165) is 52.0 Å². The van der Waals surface area contributed by atoms with E-state index in [9.17, 15) is 10.2 Å². The third kappa shape index (κ3) is 6.43. The Bertz CT molecular complexity index is 396. The van der Waals surface area contributed by atoms with Crippen molar-refractivity contribution in [2.75, 3.05) is 53.1 Å². The number of methoxy groups -OCH3 is 1. The first-order valence-electron chi connectivity index (χ1n) is 10.3. The molecule has 0 aromatic rings. The molecule has 2 aliphatic heterocycles. The number of hydrogen-bond acceptors (Lipinski definition) is 6. The Morgan fingerprint density at radius 1 is 0.923 bits per heavy atom. The molecule has 2 saturated heterocycles. The lowest BCUT2D eigenvalue weighted by atomic mass is 9.94. The molecule has 6 nitrogen and oxygen atoms in total. The van der Waals surface area contributed by atoms with Crippen LogP contribution < -0.4 is 0 Å². The molecule has 2 heterocycles. The fourth-order valence-corrected chi connectivity index (χ4v) is 4.18. The SMILES string of the molecule is COCC1CN(C(C)CCOC[C@@H]2CN(C(C)C)CC[C@@H]2O)CCC1O. The van der Waals surface area contributed by atoms with Crippen LogP contribution in [0.4, 0.5) is 0 Å². The van der Waals surface area contributed by atoms with Crippen LogP contribution in [0.5, 0.6) is 0 Å². The molecule has 0 aromatic heterocycles. The van der Waals surface area contributed by atoms with Gasteiger partial charge >= 0.3 is 0 Å². The topological polar surface area (TPSA) is 65.4 Å². The lowest BCUT2D eigenvalue weighted by molar-refractivity contribution is -0.0385. The van der Waals surface area contributed by atoms with E-state index in [0.29, 0.717) is 25.3 Å². The van der Waals surface area contributed by atoms with Gasteiger partial charge in [0.1, 0.15) is 0 Å². The normalized spacial score (nSPS) is 32.9. The summed E-state index contributed by atoms with van der Waals surface area (Å²) in [4.78, 5) is 4.87. The zero-order valence-electron chi connectivity index (χ0n) is 17.1. The average molecular weight is 373 g/mol. The quantitative estimate of drug-likeness (QED) is 0.593. The van der Waals surface area contributed by atoms with Crippen LogP contribution in [0.2, 0.25) is 0 Å². The maximum atomic E-state index is 10.2. The summed E-state index contributed by atoms with van der Waals surface area (Å²) in [5, 5.41) is 20.3. The molecule has 0 spiro atoms. The minimum absolute atomic E-state index is 0.205. The number of aliphatic hydroxyl groups is 2. The average Bonchev–Trinajstić information content (AvgIpc) is 2.61. The standard InChI is InChI=1S/C20H40N2O4/c1-15(2)21-8-5-20(24)18(11-21)14-26-10-7-16(3)22-9-6-19(23)17(12-22)13-25-4/h15-20,23-24H,5-14H2,1-4H3/t16?,17?,18-,19?,20-/m0/s1. The summed E-state index contributed by atoms with van der Waals surface area (Å²) >= 11 is 0. The highest BCUT2D eigenvalue weighted by Crippen LogP contribution is 2.22. The molecule has 0 aromatic carbocycles. The molecule has 2 fully saturated rings. The van der Waals surface area contributed by atoms with Crippen molar-refractivity contribution in [1.29, 1.82) is 0 Å². The Morgan fingerprint density at radius 3 is 2.12 bits per heavy atom. The molecule has 0 bridgehead atoms. The molecule has 0 saturated carbocycles. The summed E-state index contributed by atoms with van der Waals surface area (Å²) in [5.41, 5.74) is 0. The van der Waals surface area contributed by atoms with Crippen molar-refractivity contribution in [3.8, 4) is 0 Å². The smallest absolute Gasteiger partial charge is 0.0614 e. The van der Waals surface area contributed by atoms with Gasteiger partial charge in [-0.25, -0.2) is 0 Å². The van der Waals surface area contributed by atoms with Crippen LogP contribution in [0.25, 0.3) is 0 Å². The van der Waals surface area contributed by atoms with Crippen LogP contribution in [0.3, 0.4) is 0 Å². The molecular weight excluding hydrogens is 332 g/mol. The second-order valence-corrected chi connectivity index (χ2v) is 8.48. The second-order valence-electron chi connectivity index (χ2n) is 8.48. The van der Waals surface area contributed by atoms with Crippen molar-refractivity contribution in [2.24, 2.45) is 11.8 Å². The van der Waals surface area contributed by atoms with E-state index in [1.54, 1.807) is 7.11 Å². The number of ether oxygens (including phenoxy) is 2. The molecule has 2 aliphatic rings. The number of nitrogens with zero attached hydrogens (tertiary/aromatic N) is 2. The molecule has 5 atom stereocenters. The number of piperidine rings is 2. The highest BCUT2D eigenvalue weighted by molar-refractivity contribution is 4.83. The summed E-state index contributed by atoms with van der Waals surface area (Å²) in [7, 11) is 1.70. The fraction of sp³-hybridized carbons (Fsp3) is 1.00. The van der Waals surface area contributed by atoms with Crippen molar-refractivity contribution in [3.05, 3.63) is 0 Å². The highest BCUT2D eigenvalue weighted by Gasteiger charge is 2.31. The first-order valence-corrected chi connectivity index (χ1v) is 10.3. The lowest BCUT2D eigenvalue weighted by Crippen LogP contribution is -2.49. The summed E-state index contributed by atoms with van der Waals surface area (Å²) in [5.74, 6) is 0.425. The highest BCUT2D eigenvalue weighted by atomic mass is 16.5. The molecule has 0 radical (unpaired) electrons. The van der Waals surface area contributed by atoms with Gasteiger partial charge in [-0.05, 0) is 40.0 Å². The van der Waals surface area contributed by atoms with Crippen molar-refractivity contribution in [3.63, 3.8) is 0 Å². The number of hydrogen-bond donors (Lipinski definition) is 2. The first-order chi connectivity index (χ1) is 12.4. The van der Waals surface area contributed by atoms with Gasteiger partial charge in [-0.2, -0.15) is 0 Å². The molecular formula is C20H40N2O4. The van der Waals surface area contributed by atoms with Gasteiger partial charge < -0.3 is 29.5 Å². The summed E-state index contributed by atoms with van der Waals surface area (Å²) < 4.78 is 11.2. The Kier molecular flexibility index (Phi) is 9.27. The third-order valence-electron chi connectivity index (χ3n) is 6.20. The van der Waals surface area contributed by atoms with E-state index in [2.05, 4.69) is 30.6 Å². The van der Waals surface area contributed by atoms with E-state index in [-0.39, 0.29) is 24.0 Å². The van der Waals surface area contributed by atoms with Crippen LogP contribution >= 0.6 is 0 Å². The molecule has 6 heteroatoms. The maximum absolute atomic E-state index is 10.2. The molecule has 0 amide bonds. The molecule has 154 valence electrons. The van der Waals surface area contributed by atoms with Crippen LogP contribution in [0, 0.1) is 11.8 Å². The van der Waals surface area contributed by atoms with E-state index < -0.39 is 0 Å². The summed E-state index contributed by atoms with van der Waals surface area (Å²) in [6.45, 7) is 12.4. The van der Waals surface area contributed by atoms with Crippen LogP contribution in [0.15, 0.2) is 0 Å². The third-order valence-corrected chi connectivity index (χ3v) is 6.20. The van der Waals surface area contributed by atoms with Crippen molar-refractivity contribution < 1.29 is 19.7 Å². The van der Waals surface area contributed by atoms with E-state index >= 15 is 0 Å². The fourth-order valence-electron chi connectivity index (χ4n) is 4.18. The molecule has 3 unspecified atom stereocenters. The predicted octanol–water partition coefficient (Wildman–Crippen LogP) is 1.20. The van der Waals surface area contributed by atoms with Gasteiger partial charge in [-0.1, -0.05) is 0 Å². The monoisotopic (exact) mass is 372 g/mol. The van der Waals surface area contributed by atoms with Gasteiger partial charge in [-0.3, -0.25) is 0 Å². The summed E-state index contributed by atoms with van der Waals surface area (Å²) in [6.07, 6.45) is 2.16. The number of rotatable bonds is 9. The largest absolute Gasteiger partial charge is 0.393 e. The summed E-state index contributed by atoms with van der Waals surface area (Å²) in [6, 6.07) is 0.963. The molecule has 2 N–H and O–H groups in total. The molecule has 2 rings (SSSR count). The van der Waals surface area contributed by atoms with Crippen LogP contribution in [-0.4, -0.2) is 97.4 Å². The second kappa shape index (κ2) is 10.9. The van der Waals surface area contributed by atoms with E-state index in [4.69, 9.17) is 9.47 Å². The van der Waals surface area contributed by atoms with Gasteiger partial charge in [0, 0.05) is 63.8 Å². The van der Waals surface area contributed by atoms with Crippen molar-refractivity contribution >= 4 is 0 Å². The van der Waals surface area contributed by atoms with Gasteiger partial charge in [-0.15, -0.1) is 0 Å². The first kappa shape index (κ1) is 22.1.